The highest BCUT2D eigenvalue weighted by atomic mass is 19.1. The van der Waals surface area contributed by atoms with Gasteiger partial charge in [0.15, 0.2) is 17.3 Å². The monoisotopic (exact) mass is 493 g/mol. The van der Waals surface area contributed by atoms with Crippen molar-refractivity contribution in [2.45, 2.75) is 26.4 Å². The number of nitrogens with zero attached hydrogens (tertiary/aromatic N) is 3. The standard InChI is InChI=1S/C26H21F2N3O5/c1-13-29-30-24(34-13)22-11-17-18(12-31(4)25(32)23(17)36-22)16-9-14(26(2,3)33)5-7-20(16)35-21-8-6-15(27)10-19(21)28/h5-12,33H,1-4H3. The van der Waals surface area contributed by atoms with Crippen LogP contribution in [0.1, 0.15) is 25.3 Å². The summed E-state index contributed by atoms with van der Waals surface area (Å²) >= 11 is 0. The molecule has 8 nitrogen and oxygen atoms in total. The Morgan fingerprint density at radius 2 is 1.75 bits per heavy atom. The normalized spacial score (nSPS) is 11.9. The van der Waals surface area contributed by atoms with Crippen molar-refractivity contribution < 1.29 is 27.5 Å². The fourth-order valence-corrected chi connectivity index (χ4v) is 3.83. The van der Waals surface area contributed by atoms with Crippen molar-refractivity contribution in [1.29, 1.82) is 0 Å². The molecule has 0 saturated heterocycles. The Kier molecular flexibility index (Phi) is 5.48. The first kappa shape index (κ1) is 23.4. The van der Waals surface area contributed by atoms with E-state index >= 15 is 0 Å². The Labute approximate surface area is 203 Å². The summed E-state index contributed by atoms with van der Waals surface area (Å²) in [4.78, 5) is 12.9. The van der Waals surface area contributed by atoms with E-state index in [-0.39, 0.29) is 28.7 Å². The van der Waals surface area contributed by atoms with Crippen LogP contribution in [-0.2, 0) is 12.6 Å². The minimum atomic E-state index is -1.21. The van der Waals surface area contributed by atoms with E-state index < -0.39 is 22.8 Å². The molecule has 0 unspecified atom stereocenters. The Hall–Kier alpha value is -4.31. The van der Waals surface area contributed by atoms with Gasteiger partial charge in [-0.3, -0.25) is 4.79 Å². The van der Waals surface area contributed by atoms with Crippen LogP contribution < -0.4 is 10.3 Å². The molecule has 0 atom stereocenters. The van der Waals surface area contributed by atoms with Crippen LogP contribution in [0.5, 0.6) is 11.5 Å². The van der Waals surface area contributed by atoms with E-state index in [1.807, 2.05) is 0 Å². The lowest BCUT2D eigenvalue weighted by atomic mass is 9.93. The largest absolute Gasteiger partial charge is 0.454 e. The first-order chi connectivity index (χ1) is 17.0. The number of halogens is 2. The highest BCUT2D eigenvalue weighted by Crippen LogP contribution is 2.41. The lowest BCUT2D eigenvalue weighted by Gasteiger charge is -2.21. The number of hydrogen-bond acceptors (Lipinski definition) is 7. The SMILES string of the molecule is Cc1nnc(-c2cc3c(-c4cc(C(C)(C)O)ccc4Oc4ccc(F)cc4F)cn(C)c(=O)c3o2)o1. The summed E-state index contributed by atoms with van der Waals surface area (Å²) in [6.07, 6.45) is 1.58. The van der Waals surface area contributed by atoms with Crippen LogP contribution in [0.25, 0.3) is 33.7 Å². The zero-order chi connectivity index (χ0) is 25.8. The molecular weight excluding hydrogens is 472 g/mol. The lowest BCUT2D eigenvalue weighted by molar-refractivity contribution is 0.0786. The minimum absolute atomic E-state index is 0.0356. The third-order valence-corrected chi connectivity index (χ3v) is 5.69. The molecule has 5 aromatic rings. The number of furan rings is 1. The van der Waals surface area contributed by atoms with Gasteiger partial charge in [0.1, 0.15) is 11.6 Å². The molecule has 3 heterocycles. The molecule has 0 bridgehead atoms. The average molecular weight is 493 g/mol. The predicted molar refractivity (Wildman–Crippen MR) is 127 cm³/mol. The smallest absolute Gasteiger partial charge is 0.293 e. The van der Waals surface area contributed by atoms with Gasteiger partial charge in [-0.15, -0.1) is 10.2 Å². The van der Waals surface area contributed by atoms with Gasteiger partial charge in [-0.05, 0) is 49.7 Å². The second-order valence-corrected chi connectivity index (χ2v) is 8.89. The van der Waals surface area contributed by atoms with Crippen LogP contribution in [-0.4, -0.2) is 19.9 Å². The van der Waals surface area contributed by atoms with Gasteiger partial charge in [-0.1, -0.05) is 6.07 Å². The number of pyridine rings is 1. The molecule has 0 radical (unpaired) electrons. The maximum atomic E-state index is 14.4. The molecule has 5 rings (SSSR count). The highest BCUT2D eigenvalue weighted by Gasteiger charge is 2.24. The second kappa shape index (κ2) is 8.42. The van der Waals surface area contributed by atoms with E-state index in [9.17, 15) is 18.7 Å². The highest BCUT2D eigenvalue weighted by molar-refractivity contribution is 5.97. The van der Waals surface area contributed by atoms with Gasteiger partial charge in [0.05, 0.1) is 5.60 Å². The topological polar surface area (TPSA) is 104 Å². The predicted octanol–water partition coefficient (Wildman–Crippen LogP) is 5.45. The Morgan fingerprint density at radius 1 is 1.00 bits per heavy atom. The lowest BCUT2D eigenvalue weighted by Crippen LogP contribution is -2.17. The van der Waals surface area contributed by atoms with E-state index in [4.69, 9.17) is 13.6 Å². The Bertz CT molecular complexity index is 1680. The molecule has 0 saturated carbocycles. The number of aryl methyl sites for hydroxylation is 2. The summed E-state index contributed by atoms with van der Waals surface area (Å²) in [5, 5.41) is 18.8. The van der Waals surface area contributed by atoms with Gasteiger partial charge in [0.2, 0.25) is 11.5 Å². The van der Waals surface area contributed by atoms with Crippen LogP contribution in [0.4, 0.5) is 8.78 Å². The average Bonchev–Trinajstić information content (AvgIpc) is 3.44. The van der Waals surface area contributed by atoms with Gasteiger partial charge in [0, 0.05) is 42.7 Å². The van der Waals surface area contributed by atoms with Crippen LogP contribution >= 0.6 is 0 Å². The number of hydrogen-bond donors (Lipinski definition) is 1. The molecule has 36 heavy (non-hydrogen) atoms. The van der Waals surface area contributed by atoms with E-state index in [0.717, 1.165) is 12.1 Å². The van der Waals surface area contributed by atoms with Crippen LogP contribution in [0, 0.1) is 18.6 Å². The molecule has 10 heteroatoms. The summed E-state index contributed by atoms with van der Waals surface area (Å²) in [5.41, 5.74) is -0.0928. The Morgan fingerprint density at radius 3 is 2.42 bits per heavy atom. The molecule has 0 fully saturated rings. The van der Waals surface area contributed by atoms with Crippen molar-refractivity contribution in [2.75, 3.05) is 0 Å². The number of aromatic nitrogens is 3. The van der Waals surface area contributed by atoms with Crippen LogP contribution in [0.2, 0.25) is 0 Å². The zero-order valence-corrected chi connectivity index (χ0v) is 19.8. The van der Waals surface area contributed by atoms with E-state index in [2.05, 4.69) is 10.2 Å². The second-order valence-electron chi connectivity index (χ2n) is 8.89. The van der Waals surface area contributed by atoms with Crippen LogP contribution in [0.15, 0.2) is 62.3 Å². The third kappa shape index (κ3) is 4.16. The van der Waals surface area contributed by atoms with Crippen molar-refractivity contribution >= 4 is 11.0 Å². The summed E-state index contributed by atoms with van der Waals surface area (Å²) < 4.78 is 46.3. The maximum Gasteiger partial charge on any atom is 0.293 e. The van der Waals surface area contributed by atoms with Crippen molar-refractivity contribution in [3.05, 3.63) is 82.1 Å². The molecule has 184 valence electrons. The molecule has 3 aromatic heterocycles. The van der Waals surface area contributed by atoms with Gasteiger partial charge >= 0.3 is 0 Å². The first-order valence-electron chi connectivity index (χ1n) is 10.9. The summed E-state index contributed by atoms with van der Waals surface area (Å²) in [7, 11) is 1.56. The molecule has 0 aliphatic heterocycles. The first-order valence-corrected chi connectivity index (χ1v) is 10.9. The molecule has 0 aliphatic carbocycles. The molecule has 2 aromatic carbocycles. The van der Waals surface area contributed by atoms with Gasteiger partial charge in [-0.2, -0.15) is 0 Å². The molecule has 0 amide bonds. The number of rotatable bonds is 5. The van der Waals surface area contributed by atoms with E-state index in [1.54, 1.807) is 58.3 Å². The summed E-state index contributed by atoms with van der Waals surface area (Å²) in [5.74, 6) is -0.968. The van der Waals surface area contributed by atoms with Gasteiger partial charge in [-0.25, -0.2) is 8.78 Å². The van der Waals surface area contributed by atoms with Crippen LogP contribution in [0.3, 0.4) is 0 Å². The zero-order valence-electron chi connectivity index (χ0n) is 19.8. The molecule has 1 N–H and O–H groups in total. The van der Waals surface area contributed by atoms with Crippen molar-refractivity contribution in [2.24, 2.45) is 7.05 Å². The summed E-state index contributed by atoms with van der Waals surface area (Å²) in [6.45, 7) is 4.87. The maximum absolute atomic E-state index is 14.4. The molecular formula is C26H21F2N3O5. The van der Waals surface area contributed by atoms with Crippen molar-refractivity contribution in [1.82, 2.24) is 14.8 Å². The fraction of sp³-hybridized carbons (Fsp3) is 0.192. The number of fused-ring (bicyclic) bond motifs is 1. The minimum Gasteiger partial charge on any atom is -0.454 e. The van der Waals surface area contributed by atoms with Gasteiger partial charge in [0.25, 0.3) is 11.4 Å². The van der Waals surface area contributed by atoms with Crippen molar-refractivity contribution in [3.8, 4) is 34.3 Å². The Balaban J connectivity index is 1.76. The summed E-state index contributed by atoms with van der Waals surface area (Å²) in [6, 6.07) is 9.48. The van der Waals surface area contributed by atoms with Crippen molar-refractivity contribution in [3.63, 3.8) is 0 Å². The molecule has 0 spiro atoms. The molecule has 0 aliphatic rings. The third-order valence-electron chi connectivity index (χ3n) is 5.69. The van der Waals surface area contributed by atoms with E-state index in [1.165, 1.54) is 10.6 Å². The fourth-order valence-electron chi connectivity index (χ4n) is 3.83. The van der Waals surface area contributed by atoms with E-state index in [0.29, 0.717) is 28.0 Å². The quantitative estimate of drug-likeness (QED) is 0.347. The number of aliphatic hydroxyl groups is 1. The number of benzene rings is 2. The van der Waals surface area contributed by atoms with Gasteiger partial charge < -0.3 is 23.2 Å². The number of ether oxygens (including phenoxy) is 1.